The molecule has 0 aliphatic heterocycles. The smallest absolute Gasteiger partial charge is 0.265 e. The van der Waals surface area contributed by atoms with E-state index in [4.69, 9.17) is 4.55 Å². The molecule has 0 radical (unpaired) electrons. The fourth-order valence-corrected chi connectivity index (χ4v) is 5.38. The third-order valence-corrected chi connectivity index (χ3v) is 7.96. The molecule has 0 rings (SSSR count). The fraction of sp³-hybridized carbons (Fsp3) is 1.00. The van der Waals surface area contributed by atoms with Gasteiger partial charge in [0, 0.05) is 6.42 Å². The van der Waals surface area contributed by atoms with Crippen LogP contribution in [0.3, 0.4) is 0 Å². The van der Waals surface area contributed by atoms with Gasteiger partial charge in [0.05, 0.1) is 32.4 Å². The molecule has 1 unspecified atom stereocenters. The first-order chi connectivity index (χ1) is 15.2. The van der Waals surface area contributed by atoms with E-state index in [-0.39, 0.29) is 5.75 Å². The highest BCUT2D eigenvalue weighted by Gasteiger charge is 2.27. The molecule has 0 saturated carbocycles. The van der Waals surface area contributed by atoms with Crippen LogP contribution in [-0.2, 0) is 10.1 Å². The van der Waals surface area contributed by atoms with Crippen LogP contribution >= 0.6 is 0 Å². The van der Waals surface area contributed by atoms with Crippen molar-refractivity contribution in [3.05, 3.63) is 0 Å². The number of rotatable bonds is 24. The maximum Gasteiger partial charge on any atom is 0.265 e. The largest absolute Gasteiger partial charge is 0.326 e. The molecule has 32 heavy (non-hydrogen) atoms. The van der Waals surface area contributed by atoms with Gasteiger partial charge in [0.25, 0.3) is 10.1 Å². The van der Waals surface area contributed by atoms with Crippen LogP contribution in [0.25, 0.3) is 0 Å². The summed E-state index contributed by atoms with van der Waals surface area (Å²) >= 11 is 0. The quantitative estimate of drug-likeness (QED) is 0.0868. The Balaban J connectivity index is 4.28. The molecule has 0 saturated heterocycles. The molecular formula is C27H58NO3S+. The van der Waals surface area contributed by atoms with Gasteiger partial charge in [0.15, 0.2) is 0 Å². The first kappa shape index (κ1) is 31.9. The van der Waals surface area contributed by atoms with Gasteiger partial charge in [-0.15, -0.1) is 0 Å². The van der Waals surface area contributed by atoms with Gasteiger partial charge < -0.3 is 4.48 Å². The molecule has 1 N–H and O–H groups in total. The van der Waals surface area contributed by atoms with Gasteiger partial charge in [0.1, 0.15) is 0 Å². The molecule has 0 aromatic carbocycles. The molecule has 194 valence electrons. The Morgan fingerprint density at radius 1 is 0.594 bits per heavy atom. The van der Waals surface area contributed by atoms with Crippen LogP contribution in [0.4, 0.5) is 0 Å². The predicted molar refractivity (Wildman–Crippen MR) is 141 cm³/mol. The molecule has 0 aliphatic carbocycles. The maximum atomic E-state index is 11.1. The molecule has 5 heteroatoms. The normalized spacial score (nSPS) is 13.5. The third kappa shape index (κ3) is 20.5. The lowest BCUT2D eigenvalue weighted by molar-refractivity contribution is -0.915. The van der Waals surface area contributed by atoms with Crippen molar-refractivity contribution in [3.8, 4) is 0 Å². The van der Waals surface area contributed by atoms with Crippen molar-refractivity contribution >= 4 is 10.1 Å². The molecule has 0 aromatic heterocycles. The Labute approximate surface area is 202 Å². The van der Waals surface area contributed by atoms with Crippen molar-refractivity contribution in [2.45, 2.75) is 148 Å². The molecule has 0 aliphatic rings. The lowest BCUT2D eigenvalue weighted by atomic mass is 9.97. The van der Waals surface area contributed by atoms with Crippen molar-refractivity contribution < 1.29 is 17.5 Å². The molecule has 4 nitrogen and oxygen atoms in total. The first-order valence-electron chi connectivity index (χ1n) is 14.0. The van der Waals surface area contributed by atoms with Crippen LogP contribution in [0.5, 0.6) is 0 Å². The molecule has 0 heterocycles. The maximum absolute atomic E-state index is 11.1. The Hall–Kier alpha value is -0.130. The molecule has 0 bridgehead atoms. The van der Waals surface area contributed by atoms with Crippen LogP contribution in [0.15, 0.2) is 0 Å². The van der Waals surface area contributed by atoms with Crippen LogP contribution in [0, 0.1) is 0 Å². The van der Waals surface area contributed by atoms with Gasteiger partial charge in [0.2, 0.25) is 0 Å². The summed E-state index contributed by atoms with van der Waals surface area (Å²) in [5.74, 6) is -0.114. The summed E-state index contributed by atoms with van der Waals surface area (Å²) in [6.45, 7) is 5.36. The highest BCUT2D eigenvalue weighted by Crippen LogP contribution is 2.23. The van der Waals surface area contributed by atoms with Crippen molar-refractivity contribution in [3.63, 3.8) is 0 Å². The Bertz CT molecular complexity index is 505. The summed E-state index contributed by atoms with van der Waals surface area (Å²) < 4.78 is 32.2. The Kier molecular flexibility index (Phi) is 20.2. The standard InChI is InChI=1S/C27H57NO3S/c1-5-7-9-11-13-14-15-17-19-21-24-27(23-20-18-16-12-10-8-6-2)28(3,4)25-22-26-32(29,30)31/h27H,5-26H2,1-4H3/p+1. The van der Waals surface area contributed by atoms with E-state index in [9.17, 15) is 8.42 Å². The summed E-state index contributed by atoms with van der Waals surface area (Å²) in [5.41, 5.74) is 0. The highest BCUT2D eigenvalue weighted by atomic mass is 32.2. The van der Waals surface area contributed by atoms with Gasteiger partial charge in [-0.1, -0.05) is 110 Å². The molecule has 0 amide bonds. The highest BCUT2D eigenvalue weighted by molar-refractivity contribution is 7.85. The topological polar surface area (TPSA) is 54.4 Å². The number of unbranched alkanes of at least 4 members (excludes halogenated alkanes) is 15. The number of nitrogens with zero attached hydrogens (tertiary/aromatic N) is 1. The second-order valence-corrected chi connectivity index (χ2v) is 12.2. The van der Waals surface area contributed by atoms with Crippen LogP contribution in [-0.4, -0.2) is 49.9 Å². The summed E-state index contributed by atoms with van der Waals surface area (Å²) in [6, 6.07) is 0.598. The Morgan fingerprint density at radius 2 is 0.938 bits per heavy atom. The second-order valence-electron chi connectivity index (χ2n) is 10.7. The molecule has 1 atom stereocenters. The zero-order valence-electron chi connectivity index (χ0n) is 22.3. The van der Waals surface area contributed by atoms with Crippen LogP contribution in [0.2, 0.25) is 0 Å². The third-order valence-electron chi connectivity index (χ3n) is 7.16. The molecule has 0 spiro atoms. The van der Waals surface area contributed by atoms with Crippen LogP contribution < -0.4 is 0 Å². The minimum atomic E-state index is -3.85. The Morgan fingerprint density at radius 3 is 1.28 bits per heavy atom. The zero-order valence-corrected chi connectivity index (χ0v) is 23.1. The van der Waals surface area contributed by atoms with E-state index in [1.54, 1.807) is 0 Å². The van der Waals surface area contributed by atoms with Gasteiger partial charge >= 0.3 is 0 Å². The summed E-state index contributed by atoms with van der Waals surface area (Å²) in [4.78, 5) is 0. The lowest BCUT2D eigenvalue weighted by Crippen LogP contribution is -2.49. The summed E-state index contributed by atoms with van der Waals surface area (Å²) in [6.07, 6.45) is 26.0. The van der Waals surface area contributed by atoms with E-state index in [0.29, 0.717) is 12.5 Å². The van der Waals surface area contributed by atoms with E-state index in [0.717, 1.165) is 11.0 Å². The molecule has 0 fully saturated rings. The molecular weight excluding hydrogens is 418 g/mol. The van der Waals surface area contributed by atoms with Gasteiger partial charge in [-0.25, -0.2) is 0 Å². The van der Waals surface area contributed by atoms with Crippen molar-refractivity contribution in [2.75, 3.05) is 26.4 Å². The fourth-order valence-electron chi connectivity index (χ4n) is 4.88. The lowest BCUT2D eigenvalue weighted by Gasteiger charge is -2.38. The first-order valence-corrected chi connectivity index (χ1v) is 15.6. The van der Waals surface area contributed by atoms with E-state index in [1.807, 2.05) is 0 Å². The van der Waals surface area contributed by atoms with Crippen molar-refractivity contribution in [2.24, 2.45) is 0 Å². The molecule has 0 aromatic rings. The minimum Gasteiger partial charge on any atom is -0.326 e. The van der Waals surface area contributed by atoms with E-state index < -0.39 is 10.1 Å². The second kappa shape index (κ2) is 20.3. The minimum absolute atomic E-state index is 0.114. The number of quaternary nitrogens is 1. The average Bonchev–Trinajstić information content (AvgIpc) is 2.71. The monoisotopic (exact) mass is 476 g/mol. The summed E-state index contributed by atoms with van der Waals surface area (Å²) in [7, 11) is 0.661. The SMILES string of the molecule is CCCCCCCCCCCCC(CCCCCCCCC)[N+](C)(C)CCCS(=O)(=O)O. The number of hydrogen-bond acceptors (Lipinski definition) is 2. The van der Waals surface area contributed by atoms with Crippen LogP contribution in [0.1, 0.15) is 142 Å². The zero-order chi connectivity index (χ0) is 24.1. The average molecular weight is 477 g/mol. The van der Waals surface area contributed by atoms with Gasteiger partial charge in [-0.3, -0.25) is 4.55 Å². The predicted octanol–water partition coefficient (Wildman–Crippen LogP) is 8.16. The van der Waals surface area contributed by atoms with Gasteiger partial charge in [-0.05, 0) is 25.7 Å². The van der Waals surface area contributed by atoms with E-state index in [2.05, 4.69) is 27.9 Å². The van der Waals surface area contributed by atoms with E-state index >= 15 is 0 Å². The van der Waals surface area contributed by atoms with E-state index in [1.165, 1.54) is 122 Å². The van der Waals surface area contributed by atoms with Crippen molar-refractivity contribution in [1.82, 2.24) is 0 Å². The number of hydrogen-bond donors (Lipinski definition) is 1. The summed E-state index contributed by atoms with van der Waals surface area (Å²) in [5, 5.41) is 0. The van der Waals surface area contributed by atoms with Crippen molar-refractivity contribution in [1.29, 1.82) is 0 Å². The van der Waals surface area contributed by atoms with Gasteiger partial charge in [-0.2, -0.15) is 8.42 Å².